The Morgan fingerprint density at radius 1 is 1.22 bits per heavy atom. The van der Waals surface area contributed by atoms with E-state index in [9.17, 15) is 4.79 Å². The fourth-order valence-electron chi connectivity index (χ4n) is 1.28. The maximum atomic E-state index is 11.8. The molecule has 0 unspecified atom stereocenters. The maximum Gasteiger partial charge on any atom is 0.274 e. The SMILES string of the molecule is COc1ccc(NC(=O)c2ccc(Br)cn2)cn1. The minimum Gasteiger partial charge on any atom is -0.481 e. The standard InChI is InChI=1S/C12H10BrN3O2/c1-18-11-5-3-9(7-15-11)16-12(17)10-4-2-8(13)6-14-10/h2-7H,1H3,(H,16,17). The summed E-state index contributed by atoms with van der Waals surface area (Å²) in [6.45, 7) is 0. The van der Waals surface area contributed by atoms with Crippen molar-refractivity contribution in [2.24, 2.45) is 0 Å². The number of nitrogens with one attached hydrogen (secondary N) is 1. The number of pyridine rings is 2. The van der Waals surface area contributed by atoms with Gasteiger partial charge < -0.3 is 10.1 Å². The van der Waals surface area contributed by atoms with E-state index in [-0.39, 0.29) is 5.91 Å². The molecule has 0 atom stereocenters. The second-order valence-electron chi connectivity index (χ2n) is 3.41. The van der Waals surface area contributed by atoms with Gasteiger partial charge in [-0.25, -0.2) is 9.97 Å². The lowest BCUT2D eigenvalue weighted by Gasteiger charge is -2.05. The van der Waals surface area contributed by atoms with E-state index < -0.39 is 0 Å². The van der Waals surface area contributed by atoms with Crippen molar-refractivity contribution in [2.75, 3.05) is 12.4 Å². The minimum atomic E-state index is -0.283. The second kappa shape index (κ2) is 5.59. The Hall–Kier alpha value is -1.95. The van der Waals surface area contributed by atoms with Gasteiger partial charge in [0.1, 0.15) is 5.69 Å². The Morgan fingerprint density at radius 3 is 2.61 bits per heavy atom. The summed E-state index contributed by atoms with van der Waals surface area (Å²) in [7, 11) is 1.53. The van der Waals surface area contributed by atoms with Crippen LogP contribution in [0.15, 0.2) is 41.1 Å². The van der Waals surface area contributed by atoms with Crippen LogP contribution in [0.2, 0.25) is 0 Å². The predicted octanol–water partition coefficient (Wildman–Crippen LogP) is 2.50. The Morgan fingerprint density at radius 2 is 2.06 bits per heavy atom. The maximum absolute atomic E-state index is 11.8. The van der Waals surface area contributed by atoms with Gasteiger partial charge in [-0.3, -0.25) is 4.79 Å². The van der Waals surface area contributed by atoms with Crippen molar-refractivity contribution in [1.82, 2.24) is 9.97 Å². The molecule has 6 heteroatoms. The molecule has 0 saturated heterocycles. The molecule has 0 aromatic carbocycles. The molecular weight excluding hydrogens is 298 g/mol. The third-order valence-corrected chi connectivity index (χ3v) is 2.63. The van der Waals surface area contributed by atoms with Crippen LogP contribution in [0.25, 0.3) is 0 Å². The first-order chi connectivity index (χ1) is 8.69. The van der Waals surface area contributed by atoms with Crippen LogP contribution in [-0.2, 0) is 0 Å². The topological polar surface area (TPSA) is 64.1 Å². The number of halogens is 1. The Bertz CT molecular complexity index is 540. The highest BCUT2D eigenvalue weighted by atomic mass is 79.9. The number of hydrogen-bond acceptors (Lipinski definition) is 4. The summed E-state index contributed by atoms with van der Waals surface area (Å²) in [5, 5.41) is 2.69. The lowest BCUT2D eigenvalue weighted by molar-refractivity contribution is 0.102. The van der Waals surface area contributed by atoms with Crippen LogP contribution in [0.5, 0.6) is 5.88 Å². The molecule has 2 rings (SSSR count). The number of carbonyl (C=O) groups excluding carboxylic acids is 1. The van der Waals surface area contributed by atoms with E-state index in [1.165, 1.54) is 13.3 Å². The number of methoxy groups -OCH3 is 1. The van der Waals surface area contributed by atoms with E-state index in [1.807, 2.05) is 0 Å². The van der Waals surface area contributed by atoms with Gasteiger partial charge in [-0.2, -0.15) is 0 Å². The number of rotatable bonds is 3. The van der Waals surface area contributed by atoms with Crippen LogP contribution in [0, 0.1) is 0 Å². The van der Waals surface area contributed by atoms with E-state index in [0.29, 0.717) is 17.3 Å². The van der Waals surface area contributed by atoms with Crippen LogP contribution >= 0.6 is 15.9 Å². The number of aromatic nitrogens is 2. The molecule has 2 aromatic rings. The summed E-state index contributed by atoms with van der Waals surface area (Å²) >= 11 is 3.26. The quantitative estimate of drug-likeness (QED) is 0.946. The first-order valence-corrected chi connectivity index (χ1v) is 5.91. The highest BCUT2D eigenvalue weighted by molar-refractivity contribution is 9.10. The van der Waals surface area contributed by atoms with Crippen molar-refractivity contribution in [1.29, 1.82) is 0 Å². The van der Waals surface area contributed by atoms with Gasteiger partial charge in [-0.05, 0) is 34.1 Å². The van der Waals surface area contributed by atoms with Crippen LogP contribution < -0.4 is 10.1 Å². The molecule has 18 heavy (non-hydrogen) atoms. The zero-order valence-electron chi connectivity index (χ0n) is 9.55. The van der Waals surface area contributed by atoms with Crippen molar-refractivity contribution in [2.45, 2.75) is 0 Å². The van der Waals surface area contributed by atoms with Crippen molar-refractivity contribution in [3.05, 3.63) is 46.8 Å². The summed E-state index contributed by atoms with van der Waals surface area (Å²) in [6.07, 6.45) is 3.09. The summed E-state index contributed by atoms with van der Waals surface area (Å²) < 4.78 is 5.75. The molecule has 2 aromatic heterocycles. The lowest BCUT2D eigenvalue weighted by atomic mass is 10.3. The molecule has 0 spiro atoms. The summed E-state index contributed by atoms with van der Waals surface area (Å²) in [4.78, 5) is 19.8. The Kier molecular flexibility index (Phi) is 3.88. The van der Waals surface area contributed by atoms with Gasteiger partial charge in [0.2, 0.25) is 5.88 Å². The fourth-order valence-corrected chi connectivity index (χ4v) is 1.51. The van der Waals surface area contributed by atoms with Gasteiger partial charge in [-0.1, -0.05) is 0 Å². The fraction of sp³-hybridized carbons (Fsp3) is 0.0833. The third kappa shape index (κ3) is 3.04. The van der Waals surface area contributed by atoms with Gasteiger partial charge in [-0.15, -0.1) is 0 Å². The number of ether oxygens (including phenoxy) is 1. The van der Waals surface area contributed by atoms with Crippen LogP contribution in [0.3, 0.4) is 0 Å². The molecule has 0 radical (unpaired) electrons. The van der Waals surface area contributed by atoms with Gasteiger partial charge in [0.15, 0.2) is 0 Å². The smallest absolute Gasteiger partial charge is 0.274 e. The molecule has 92 valence electrons. The van der Waals surface area contributed by atoms with E-state index in [1.54, 1.807) is 30.5 Å². The molecule has 2 heterocycles. The summed E-state index contributed by atoms with van der Waals surface area (Å²) in [5.41, 5.74) is 0.930. The average molecular weight is 308 g/mol. The highest BCUT2D eigenvalue weighted by Gasteiger charge is 2.07. The van der Waals surface area contributed by atoms with Crippen molar-refractivity contribution >= 4 is 27.5 Å². The number of hydrogen-bond donors (Lipinski definition) is 1. The number of nitrogens with zero attached hydrogens (tertiary/aromatic N) is 2. The van der Waals surface area contributed by atoms with Gasteiger partial charge >= 0.3 is 0 Å². The number of amides is 1. The third-order valence-electron chi connectivity index (χ3n) is 2.16. The van der Waals surface area contributed by atoms with Gasteiger partial charge in [0.25, 0.3) is 5.91 Å². The second-order valence-corrected chi connectivity index (χ2v) is 4.32. The first kappa shape index (κ1) is 12.5. The number of anilines is 1. The van der Waals surface area contributed by atoms with Gasteiger partial charge in [0, 0.05) is 16.7 Å². The van der Waals surface area contributed by atoms with E-state index in [4.69, 9.17) is 4.74 Å². The minimum absolute atomic E-state index is 0.283. The molecule has 0 saturated carbocycles. The molecule has 5 nitrogen and oxygen atoms in total. The molecule has 0 bridgehead atoms. The number of carbonyl (C=O) groups is 1. The average Bonchev–Trinajstić information content (AvgIpc) is 2.40. The summed E-state index contributed by atoms with van der Waals surface area (Å²) in [5.74, 6) is 0.212. The van der Waals surface area contributed by atoms with E-state index in [2.05, 4.69) is 31.2 Å². The monoisotopic (exact) mass is 307 g/mol. The van der Waals surface area contributed by atoms with Crippen LogP contribution in [-0.4, -0.2) is 23.0 Å². The summed E-state index contributed by atoms with van der Waals surface area (Å²) in [6, 6.07) is 6.78. The van der Waals surface area contributed by atoms with Crippen molar-refractivity contribution in [3.8, 4) is 5.88 Å². The van der Waals surface area contributed by atoms with Gasteiger partial charge in [0.05, 0.1) is 19.0 Å². The first-order valence-electron chi connectivity index (χ1n) is 5.12. The molecule has 0 aliphatic heterocycles. The zero-order valence-corrected chi connectivity index (χ0v) is 11.1. The lowest BCUT2D eigenvalue weighted by Crippen LogP contribution is -2.13. The molecule has 0 aliphatic carbocycles. The predicted molar refractivity (Wildman–Crippen MR) is 70.7 cm³/mol. The van der Waals surface area contributed by atoms with Crippen LogP contribution in [0.1, 0.15) is 10.5 Å². The van der Waals surface area contributed by atoms with Crippen molar-refractivity contribution in [3.63, 3.8) is 0 Å². The molecule has 0 aliphatic rings. The van der Waals surface area contributed by atoms with E-state index in [0.717, 1.165) is 4.47 Å². The molecule has 0 fully saturated rings. The van der Waals surface area contributed by atoms with Crippen LogP contribution in [0.4, 0.5) is 5.69 Å². The highest BCUT2D eigenvalue weighted by Crippen LogP contribution is 2.13. The van der Waals surface area contributed by atoms with Crippen molar-refractivity contribution < 1.29 is 9.53 Å². The zero-order chi connectivity index (χ0) is 13.0. The largest absolute Gasteiger partial charge is 0.481 e. The Balaban J connectivity index is 2.08. The normalized spacial score (nSPS) is 9.89. The van der Waals surface area contributed by atoms with E-state index >= 15 is 0 Å². The molecule has 1 N–H and O–H groups in total. The Labute approximate surface area is 112 Å². The molecular formula is C12H10BrN3O2. The molecule has 1 amide bonds.